The van der Waals surface area contributed by atoms with E-state index in [-0.39, 0.29) is 0 Å². The molecule has 1 N–H and O–H groups in total. The summed E-state index contributed by atoms with van der Waals surface area (Å²) in [5.74, 6) is 0.703. The van der Waals surface area contributed by atoms with E-state index in [1.807, 2.05) is 0 Å². The van der Waals surface area contributed by atoms with Crippen molar-refractivity contribution in [1.29, 1.82) is 0 Å². The number of likely N-dealkylation sites (N-methyl/N-ethyl adjacent to an activating group) is 1. The Hall–Kier alpha value is -0.860. The zero-order chi connectivity index (χ0) is 14.4. The highest BCUT2D eigenvalue weighted by molar-refractivity contribution is 5.21. The molecule has 0 heterocycles. The molecule has 0 spiro atoms. The third-order valence-corrected chi connectivity index (χ3v) is 4.75. The van der Waals surface area contributed by atoms with Gasteiger partial charge in [-0.25, -0.2) is 0 Å². The highest BCUT2D eigenvalue weighted by Crippen LogP contribution is 2.32. The molecule has 0 amide bonds. The third-order valence-electron chi connectivity index (χ3n) is 4.75. The second kappa shape index (κ2) is 7.80. The number of rotatable bonds is 6. The molecule has 1 aliphatic rings. The van der Waals surface area contributed by atoms with Gasteiger partial charge >= 0.3 is 0 Å². The molecule has 0 bridgehead atoms. The minimum absolute atomic E-state index is 0.632. The van der Waals surface area contributed by atoms with Crippen LogP contribution in [0, 0.1) is 0 Å². The predicted molar refractivity (Wildman–Crippen MR) is 87.2 cm³/mol. The number of hydrogen-bond donors (Lipinski definition) is 1. The molecule has 1 aromatic rings. The molecule has 2 unspecified atom stereocenters. The molecule has 2 heteroatoms. The van der Waals surface area contributed by atoms with Gasteiger partial charge in [0.15, 0.2) is 0 Å². The van der Waals surface area contributed by atoms with E-state index in [4.69, 9.17) is 0 Å². The average molecular weight is 274 g/mol. The summed E-state index contributed by atoms with van der Waals surface area (Å²) >= 11 is 0. The number of nitrogens with zero attached hydrogens (tertiary/aromatic N) is 1. The maximum atomic E-state index is 3.81. The van der Waals surface area contributed by atoms with Crippen molar-refractivity contribution in [2.75, 3.05) is 20.1 Å². The molecule has 2 nitrogen and oxygen atoms in total. The molecule has 0 radical (unpaired) electrons. The van der Waals surface area contributed by atoms with Crippen molar-refractivity contribution in [2.24, 2.45) is 0 Å². The van der Waals surface area contributed by atoms with Crippen LogP contribution in [-0.4, -0.2) is 37.1 Å². The van der Waals surface area contributed by atoms with E-state index in [0.717, 1.165) is 13.1 Å². The van der Waals surface area contributed by atoms with Crippen LogP contribution in [0.15, 0.2) is 30.3 Å². The molecule has 112 valence electrons. The largest absolute Gasteiger partial charge is 0.312 e. The number of nitrogens with one attached hydrogen (secondary N) is 1. The first-order chi connectivity index (χ1) is 9.68. The highest BCUT2D eigenvalue weighted by atomic mass is 15.1. The number of hydrogen-bond acceptors (Lipinski definition) is 2. The molecular weight excluding hydrogens is 244 g/mol. The molecule has 2 rings (SSSR count). The zero-order valence-electron chi connectivity index (χ0n) is 13.3. The minimum Gasteiger partial charge on any atom is -0.312 e. The van der Waals surface area contributed by atoms with Crippen LogP contribution in [0.1, 0.15) is 51.0 Å². The lowest BCUT2D eigenvalue weighted by molar-refractivity contribution is 0.254. The van der Waals surface area contributed by atoms with Crippen LogP contribution >= 0.6 is 0 Å². The van der Waals surface area contributed by atoms with Crippen molar-refractivity contribution in [2.45, 2.75) is 57.5 Å². The van der Waals surface area contributed by atoms with Gasteiger partial charge in [0.05, 0.1) is 0 Å². The molecule has 0 saturated heterocycles. The van der Waals surface area contributed by atoms with Gasteiger partial charge < -0.3 is 10.2 Å². The normalized spacial score (nSPS) is 23.4. The zero-order valence-corrected chi connectivity index (χ0v) is 13.3. The van der Waals surface area contributed by atoms with Crippen molar-refractivity contribution in [1.82, 2.24) is 10.2 Å². The Labute approximate surface area is 124 Å². The fourth-order valence-electron chi connectivity index (χ4n) is 3.16. The van der Waals surface area contributed by atoms with Gasteiger partial charge in [-0.15, -0.1) is 0 Å². The molecule has 1 aromatic carbocycles. The standard InChI is InChI=1S/C18H30N2/c1-15(2)20(3)14-13-19-18-12-8-7-11-17(18)16-9-5-4-6-10-16/h4-6,9-10,15,17-19H,7-8,11-14H2,1-3H3. The maximum absolute atomic E-state index is 3.81. The highest BCUT2D eigenvalue weighted by Gasteiger charge is 2.25. The van der Waals surface area contributed by atoms with Gasteiger partial charge in [-0.1, -0.05) is 43.2 Å². The van der Waals surface area contributed by atoms with E-state index in [0.29, 0.717) is 18.0 Å². The van der Waals surface area contributed by atoms with Crippen molar-refractivity contribution in [3.05, 3.63) is 35.9 Å². The summed E-state index contributed by atoms with van der Waals surface area (Å²) < 4.78 is 0. The molecule has 20 heavy (non-hydrogen) atoms. The Morgan fingerprint density at radius 2 is 1.85 bits per heavy atom. The quantitative estimate of drug-likeness (QED) is 0.852. The van der Waals surface area contributed by atoms with Gasteiger partial charge in [0.1, 0.15) is 0 Å². The molecule has 1 fully saturated rings. The molecule has 1 saturated carbocycles. The summed E-state index contributed by atoms with van der Waals surface area (Å²) in [6, 6.07) is 12.4. The van der Waals surface area contributed by atoms with Crippen molar-refractivity contribution in [3.8, 4) is 0 Å². The SMILES string of the molecule is CC(C)N(C)CCNC1CCCCC1c1ccccc1. The van der Waals surface area contributed by atoms with Gasteiger partial charge in [0.25, 0.3) is 0 Å². The van der Waals surface area contributed by atoms with Crippen LogP contribution < -0.4 is 5.32 Å². The second-order valence-electron chi connectivity index (χ2n) is 6.44. The maximum Gasteiger partial charge on any atom is 0.0136 e. The summed E-state index contributed by atoms with van der Waals surface area (Å²) in [5, 5.41) is 3.81. The minimum atomic E-state index is 0.632. The second-order valence-corrected chi connectivity index (χ2v) is 6.44. The van der Waals surface area contributed by atoms with Crippen LogP contribution in [-0.2, 0) is 0 Å². The Kier molecular flexibility index (Phi) is 6.06. The topological polar surface area (TPSA) is 15.3 Å². The fraction of sp³-hybridized carbons (Fsp3) is 0.667. The molecule has 0 aliphatic heterocycles. The molecular formula is C18H30N2. The van der Waals surface area contributed by atoms with Crippen LogP contribution in [0.3, 0.4) is 0 Å². The Morgan fingerprint density at radius 1 is 1.15 bits per heavy atom. The summed E-state index contributed by atoms with van der Waals surface area (Å²) in [4.78, 5) is 2.41. The monoisotopic (exact) mass is 274 g/mol. The lowest BCUT2D eigenvalue weighted by atomic mass is 9.80. The Balaban J connectivity index is 1.88. The van der Waals surface area contributed by atoms with Crippen molar-refractivity contribution in [3.63, 3.8) is 0 Å². The predicted octanol–water partition coefficient (Wildman–Crippen LogP) is 3.64. The molecule has 0 aromatic heterocycles. The average Bonchev–Trinajstić information content (AvgIpc) is 2.48. The lowest BCUT2D eigenvalue weighted by Crippen LogP contribution is -2.42. The summed E-state index contributed by atoms with van der Waals surface area (Å²) in [6.07, 6.45) is 5.41. The van der Waals surface area contributed by atoms with Crippen molar-refractivity contribution < 1.29 is 0 Å². The third kappa shape index (κ3) is 4.32. The van der Waals surface area contributed by atoms with Gasteiger partial charge in [0.2, 0.25) is 0 Å². The summed E-state index contributed by atoms with van der Waals surface area (Å²) in [7, 11) is 2.21. The first-order valence-corrected chi connectivity index (χ1v) is 8.17. The van der Waals surface area contributed by atoms with E-state index in [2.05, 4.69) is 61.4 Å². The Bertz CT molecular complexity index is 374. The van der Waals surface area contributed by atoms with Gasteiger partial charge in [-0.05, 0) is 45.2 Å². The number of benzene rings is 1. The van der Waals surface area contributed by atoms with Crippen LogP contribution in [0.4, 0.5) is 0 Å². The summed E-state index contributed by atoms with van der Waals surface area (Å²) in [6.45, 7) is 6.75. The first-order valence-electron chi connectivity index (χ1n) is 8.17. The lowest BCUT2D eigenvalue weighted by Gasteiger charge is -2.33. The van der Waals surface area contributed by atoms with Crippen LogP contribution in [0.5, 0.6) is 0 Å². The van der Waals surface area contributed by atoms with Crippen LogP contribution in [0.25, 0.3) is 0 Å². The van der Waals surface area contributed by atoms with E-state index in [1.54, 1.807) is 0 Å². The molecule has 2 atom stereocenters. The van der Waals surface area contributed by atoms with Crippen molar-refractivity contribution >= 4 is 0 Å². The van der Waals surface area contributed by atoms with E-state index in [1.165, 1.54) is 31.2 Å². The van der Waals surface area contributed by atoms with E-state index < -0.39 is 0 Å². The van der Waals surface area contributed by atoms with E-state index >= 15 is 0 Å². The van der Waals surface area contributed by atoms with E-state index in [9.17, 15) is 0 Å². The Morgan fingerprint density at radius 3 is 2.55 bits per heavy atom. The smallest absolute Gasteiger partial charge is 0.0136 e. The fourth-order valence-corrected chi connectivity index (χ4v) is 3.16. The van der Waals surface area contributed by atoms with Gasteiger partial charge in [-0.2, -0.15) is 0 Å². The van der Waals surface area contributed by atoms with Gasteiger partial charge in [-0.3, -0.25) is 0 Å². The van der Waals surface area contributed by atoms with Gasteiger partial charge in [0, 0.05) is 25.2 Å². The summed E-state index contributed by atoms with van der Waals surface area (Å²) in [5.41, 5.74) is 1.52. The van der Waals surface area contributed by atoms with Crippen LogP contribution in [0.2, 0.25) is 0 Å². The molecule has 1 aliphatic carbocycles. The first kappa shape index (κ1) is 15.5.